The molecule has 0 atom stereocenters. The number of amides is 1. The van der Waals surface area contributed by atoms with Crippen molar-refractivity contribution in [3.8, 4) is 0 Å². The summed E-state index contributed by atoms with van der Waals surface area (Å²) in [6.07, 6.45) is 3.13. The van der Waals surface area contributed by atoms with Crippen molar-refractivity contribution in [2.75, 3.05) is 31.1 Å². The standard InChI is InChI=1S/C13H20N4O2S/c1-10-14-12(20-15-10)17-8-6-16(7-9-17)11(18)13(19)4-2-3-5-13/h19H,2-9H2,1H3. The van der Waals surface area contributed by atoms with Crippen molar-refractivity contribution in [3.05, 3.63) is 5.82 Å². The number of nitrogens with zero attached hydrogens (tertiary/aromatic N) is 4. The summed E-state index contributed by atoms with van der Waals surface area (Å²) in [7, 11) is 0. The quantitative estimate of drug-likeness (QED) is 0.874. The molecule has 0 aromatic carbocycles. The molecule has 1 saturated heterocycles. The minimum Gasteiger partial charge on any atom is -0.380 e. The number of carbonyl (C=O) groups is 1. The predicted molar refractivity (Wildman–Crippen MR) is 76.9 cm³/mol. The van der Waals surface area contributed by atoms with Crippen LogP contribution in [0.3, 0.4) is 0 Å². The lowest BCUT2D eigenvalue weighted by Gasteiger charge is -2.37. The van der Waals surface area contributed by atoms with Crippen molar-refractivity contribution in [1.82, 2.24) is 14.3 Å². The summed E-state index contributed by atoms with van der Waals surface area (Å²) in [6, 6.07) is 0. The largest absolute Gasteiger partial charge is 0.380 e. The molecule has 0 bridgehead atoms. The molecule has 1 aliphatic heterocycles. The Morgan fingerprint density at radius 1 is 1.25 bits per heavy atom. The third-order valence-corrected chi connectivity index (χ3v) is 5.05. The second-order valence-corrected chi connectivity index (χ2v) is 6.37. The molecule has 2 aliphatic rings. The van der Waals surface area contributed by atoms with E-state index >= 15 is 0 Å². The Labute approximate surface area is 122 Å². The summed E-state index contributed by atoms with van der Waals surface area (Å²) >= 11 is 1.40. The first-order valence-electron chi connectivity index (χ1n) is 7.15. The molecule has 20 heavy (non-hydrogen) atoms. The minimum atomic E-state index is -1.10. The molecule has 3 rings (SSSR count). The van der Waals surface area contributed by atoms with Crippen molar-refractivity contribution in [2.45, 2.75) is 38.2 Å². The topological polar surface area (TPSA) is 69.6 Å². The highest BCUT2D eigenvalue weighted by molar-refractivity contribution is 7.09. The molecule has 1 amide bonds. The Morgan fingerprint density at radius 3 is 2.45 bits per heavy atom. The van der Waals surface area contributed by atoms with Gasteiger partial charge in [-0.05, 0) is 32.6 Å². The molecule has 1 saturated carbocycles. The van der Waals surface area contributed by atoms with Gasteiger partial charge in [0.15, 0.2) is 0 Å². The van der Waals surface area contributed by atoms with Gasteiger partial charge in [0.2, 0.25) is 5.13 Å². The van der Waals surface area contributed by atoms with Crippen LogP contribution < -0.4 is 4.90 Å². The third kappa shape index (κ3) is 2.52. The van der Waals surface area contributed by atoms with Gasteiger partial charge >= 0.3 is 0 Å². The lowest BCUT2D eigenvalue weighted by Crippen LogP contribution is -2.55. The number of carbonyl (C=O) groups excluding carboxylic acids is 1. The van der Waals surface area contributed by atoms with Crippen LogP contribution in [-0.2, 0) is 4.79 Å². The summed E-state index contributed by atoms with van der Waals surface area (Å²) < 4.78 is 4.19. The van der Waals surface area contributed by atoms with Gasteiger partial charge in [-0.15, -0.1) is 0 Å². The molecular weight excluding hydrogens is 276 g/mol. The molecule has 110 valence electrons. The number of anilines is 1. The van der Waals surface area contributed by atoms with Crippen molar-refractivity contribution in [3.63, 3.8) is 0 Å². The second kappa shape index (κ2) is 5.29. The molecule has 7 heteroatoms. The van der Waals surface area contributed by atoms with Crippen LogP contribution in [0.4, 0.5) is 5.13 Å². The Hall–Kier alpha value is -1.21. The highest BCUT2D eigenvalue weighted by Gasteiger charge is 2.42. The van der Waals surface area contributed by atoms with Crippen molar-refractivity contribution in [2.24, 2.45) is 0 Å². The predicted octanol–water partition coefficient (Wildman–Crippen LogP) is 0.800. The average molecular weight is 296 g/mol. The molecule has 0 spiro atoms. The van der Waals surface area contributed by atoms with E-state index in [1.54, 1.807) is 4.90 Å². The van der Waals surface area contributed by atoms with E-state index < -0.39 is 5.60 Å². The number of hydrogen-bond donors (Lipinski definition) is 1. The van der Waals surface area contributed by atoms with Gasteiger partial charge in [0.05, 0.1) is 0 Å². The van der Waals surface area contributed by atoms with E-state index in [1.165, 1.54) is 11.5 Å². The Kier molecular flexibility index (Phi) is 3.64. The van der Waals surface area contributed by atoms with Crippen LogP contribution >= 0.6 is 11.5 Å². The number of aromatic nitrogens is 2. The first-order valence-corrected chi connectivity index (χ1v) is 7.93. The van der Waals surface area contributed by atoms with Crippen molar-refractivity contribution in [1.29, 1.82) is 0 Å². The van der Waals surface area contributed by atoms with Gasteiger partial charge in [0.25, 0.3) is 5.91 Å². The SMILES string of the molecule is Cc1nsc(N2CCN(C(=O)C3(O)CCCC3)CC2)n1. The molecule has 1 aromatic rings. The zero-order valence-corrected chi connectivity index (χ0v) is 12.5. The van der Waals surface area contributed by atoms with Crippen LogP contribution in [0.5, 0.6) is 0 Å². The molecule has 1 N–H and O–H groups in total. The molecule has 1 aliphatic carbocycles. The van der Waals surface area contributed by atoms with Gasteiger partial charge in [-0.25, -0.2) is 4.98 Å². The molecule has 2 fully saturated rings. The summed E-state index contributed by atoms with van der Waals surface area (Å²) in [6.45, 7) is 4.71. The summed E-state index contributed by atoms with van der Waals surface area (Å²) in [5.41, 5.74) is -1.10. The number of hydrogen-bond acceptors (Lipinski definition) is 6. The zero-order valence-electron chi connectivity index (χ0n) is 11.7. The Bertz CT molecular complexity index is 490. The van der Waals surface area contributed by atoms with E-state index in [2.05, 4.69) is 14.3 Å². The van der Waals surface area contributed by atoms with Gasteiger partial charge in [-0.3, -0.25) is 4.79 Å². The van der Waals surface area contributed by atoms with Crippen LogP contribution in [-0.4, -0.2) is 57.1 Å². The van der Waals surface area contributed by atoms with Crippen LogP contribution in [0.25, 0.3) is 0 Å². The average Bonchev–Trinajstić information content (AvgIpc) is 3.08. The maximum atomic E-state index is 12.4. The van der Waals surface area contributed by atoms with E-state index in [0.717, 1.165) is 36.9 Å². The highest BCUT2D eigenvalue weighted by Crippen LogP contribution is 2.31. The molecule has 1 aromatic heterocycles. The molecular formula is C13H20N4O2S. The van der Waals surface area contributed by atoms with Crippen LogP contribution in [0.2, 0.25) is 0 Å². The summed E-state index contributed by atoms with van der Waals surface area (Å²) in [5.74, 6) is 0.715. The first-order chi connectivity index (χ1) is 9.58. The van der Waals surface area contributed by atoms with E-state index in [1.807, 2.05) is 6.92 Å². The van der Waals surface area contributed by atoms with Crippen LogP contribution in [0.1, 0.15) is 31.5 Å². The Morgan fingerprint density at radius 2 is 1.90 bits per heavy atom. The number of rotatable bonds is 2. The lowest BCUT2D eigenvalue weighted by atomic mass is 10.0. The molecule has 0 radical (unpaired) electrons. The molecule has 2 heterocycles. The number of aliphatic hydroxyl groups is 1. The van der Waals surface area contributed by atoms with E-state index in [9.17, 15) is 9.90 Å². The van der Waals surface area contributed by atoms with E-state index in [4.69, 9.17) is 0 Å². The Balaban J connectivity index is 1.59. The minimum absolute atomic E-state index is 0.0805. The number of aryl methyl sites for hydroxylation is 1. The van der Waals surface area contributed by atoms with Crippen LogP contribution in [0, 0.1) is 6.92 Å². The van der Waals surface area contributed by atoms with Gasteiger partial charge in [-0.1, -0.05) is 0 Å². The fourth-order valence-corrected chi connectivity index (χ4v) is 3.71. The van der Waals surface area contributed by atoms with Gasteiger partial charge < -0.3 is 14.9 Å². The van der Waals surface area contributed by atoms with Crippen LogP contribution in [0.15, 0.2) is 0 Å². The van der Waals surface area contributed by atoms with Gasteiger partial charge in [0, 0.05) is 37.7 Å². The monoisotopic (exact) mass is 296 g/mol. The van der Waals surface area contributed by atoms with Gasteiger partial charge in [0.1, 0.15) is 11.4 Å². The highest BCUT2D eigenvalue weighted by atomic mass is 32.1. The summed E-state index contributed by atoms with van der Waals surface area (Å²) in [4.78, 5) is 20.7. The molecule has 0 unspecified atom stereocenters. The third-order valence-electron chi connectivity index (χ3n) is 4.18. The van der Waals surface area contributed by atoms with E-state index in [0.29, 0.717) is 25.9 Å². The fourth-order valence-electron chi connectivity index (χ4n) is 2.98. The van der Waals surface area contributed by atoms with Crippen molar-refractivity contribution >= 4 is 22.6 Å². The smallest absolute Gasteiger partial charge is 0.254 e. The molecule has 6 nitrogen and oxygen atoms in total. The number of piperazine rings is 1. The van der Waals surface area contributed by atoms with Crippen molar-refractivity contribution < 1.29 is 9.90 Å². The fraction of sp³-hybridized carbons (Fsp3) is 0.769. The summed E-state index contributed by atoms with van der Waals surface area (Å²) in [5, 5.41) is 11.3. The second-order valence-electron chi connectivity index (χ2n) is 5.64. The zero-order chi connectivity index (χ0) is 14.2. The van der Waals surface area contributed by atoms with E-state index in [-0.39, 0.29) is 5.91 Å². The lowest BCUT2D eigenvalue weighted by molar-refractivity contribution is -0.151. The normalized spacial score (nSPS) is 22.3. The van der Waals surface area contributed by atoms with Gasteiger partial charge in [-0.2, -0.15) is 4.37 Å². The first kappa shape index (κ1) is 13.8. The maximum absolute atomic E-state index is 12.4. The maximum Gasteiger partial charge on any atom is 0.254 e.